The molecule has 2 aromatic carbocycles. The SMILES string of the molecule is O=[N+]([O-])c1ccc(Oc2ccccc2-c2cncs2)cc1O. The number of ether oxygens (including phenoxy) is 1. The van der Waals surface area contributed by atoms with E-state index in [2.05, 4.69) is 4.98 Å². The molecule has 0 unspecified atom stereocenters. The monoisotopic (exact) mass is 314 g/mol. The van der Waals surface area contributed by atoms with E-state index in [1.807, 2.05) is 18.2 Å². The maximum Gasteiger partial charge on any atom is 0.310 e. The normalized spacial score (nSPS) is 10.4. The molecule has 1 N–H and O–H groups in total. The second-order valence-electron chi connectivity index (χ2n) is 4.37. The zero-order valence-corrected chi connectivity index (χ0v) is 12.0. The van der Waals surface area contributed by atoms with Gasteiger partial charge in [0.25, 0.3) is 0 Å². The second kappa shape index (κ2) is 5.82. The number of thiazole rings is 1. The molecule has 1 aromatic heterocycles. The van der Waals surface area contributed by atoms with Crippen molar-refractivity contribution in [2.75, 3.05) is 0 Å². The highest BCUT2D eigenvalue weighted by atomic mass is 32.1. The fourth-order valence-electron chi connectivity index (χ4n) is 1.96. The Kier molecular flexibility index (Phi) is 3.71. The Balaban J connectivity index is 1.94. The van der Waals surface area contributed by atoms with Gasteiger partial charge in [-0.1, -0.05) is 12.1 Å². The molecular formula is C15H10N2O4S. The lowest BCUT2D eigenvalue weighted by molar-refractivity contribution is -0.385. The Morgan fingerprint density at radius 1 is 1.23 bits per heavy atom. The van der Waals surface area contributed by atoms with Crippen LogP contribution in [0.5, 0.6) is 17.2 Å². The van der Waals surface area contributed by atoms with Gasteiger partial charge < -0.3 is 9.84 Å². The topological polar surface area (TPSA) is 85.5 Å². The first-order valence-corrected chi connectivity index (χ1v) is 7.16. The van der Waals surface area contributed by atoms with Gasteiger partial charge in [0.2, 0.25) is 0 Å². The third-order valence-electron chi connectivity index (χ3n) is 2.96. The summed E-state index contributed by atoms with van der Waals surface area (Å²) in [6.45, 7) is 0. The minimum atomic E-state index is -0.648. The summed E-state index contributed by atoms with van der Waals surface area (Å²) in [6.07, 6.45) is 1.74. The zero-order chi connectivity index (χ0) is 15.5. The lowest BCUT2D eigenvalue weighted by Gasteiger charge is -2.10. The first kappa shape index (κ1) is 14.0. The Hall–Kier alpha value is -2.93. The number of nitrogens with zero attached hydrogens (tertiary/aromatic N) is 2. The third-order valence-corrected chi connectivity index (χ3v) is 3.76. The van der Waals surface area contributed by atoms with Gasteiger partial charge in [0, 0.05) is 23.9 Å². The van der Waals surface area contributed by atoms with Crippen molar-refractivity contribution < 1.29 is 14.8 Å². The molecule has 7 heteroatoms. The smallest absolute Gasteiger partial charge is 0.310 e. The number of phenols is 1. The van der Waals surface area contributed by atoms with Crippen molar-refractivity contribution in [3.8, 4) is 27.7 Å². The molecule has 3 rings (SSSR count). The van der Waals surface area contributed by atoms with E-state index in [4.69, 9.17) is 4.74 Å². The molecule has 0 aliphatic rings. The van der Waals surface area contributed by atoms with Gasteiger partial charge in [-0.25, -0.2) is 0 Å². The van der Waals surface area contributed by atoms with Crippen LogP contribution in [0.15, 0.2) is 54.2 Å². The van der Waals surface area contributed by atoms with Crippen molar-refractivity contribution in [1.82, 2.24) is 4.98 Å². The van der Waals surface area contributed by atoms with E-state index in [0.29, 0.717) is 11.5 Å². The summed E-state index contributed by atoms with van der Waals surface area (Å²) in [5.41, 5.74) is 2.23. The van der Waals surface area contributed by atoms with Crippen LogP contribution in [0.3, 0.4) is 0 Å². The molecule has 0 amide bonds. The molecule has 6 nitrogen and oxygen atoms in total. The summed E-state index contributed by atoms with van der Waals surface area (Å²) in [7, 11) is 0. The van der Waals surface area contributed by atoms with E-state index in [1.54, 1.807) is 17.8 Å². The average molecular weight is 314 g/mol. The maximum absolute atomic E-state index is 10.7. The van der Waals surface area contributed by atoms with Crippen LogP contribution >= 0.6 is 11.3 Å². The predicted octanol–water partition coefficient (Wildman–Crippen LogP) is 4.22. The molecule has 1 heterocycles. The summed E-state index contributed by atoms with van der Waals surface area (Å²) >= 11 is 1.48. The first-order chi connectivity index (χ1) is 10.6. The number of hydrogen-bond donors (Lipinski definition) is 1. The maximum atomic E-state index is 10.7. The Morgan fingerprint density at radius 2 is 2.05 bits per heavy atom. The van der Waals surface area contributed by atoms with Gasteiger partial charge in [-0.2, -0.15) is 0 Å². The summed E-state index contributed by atoms with van der Waals surface area (Å²) in [5, 5.41) is 20.4. The molecule has 0 aliphatic heterocycles. The summed E-state index contributed by atoms with van der Waals surface area (Å²) < 4.78 is 5.75. The van der Waals surface area contributed by atoms with Crippen molar-refractivity contribution in [3.05, 3.63) is 64.3 Å². The van der Waals surface area contributed by atoms with Crippen LogP contribution < -0.4 is 4.74 Å². The standard InChI is InChI=1S/C15H10N2O4S/c18-13-7-10(5-6-12(13)17(19)20)21-14-4-2-1-3-11(14)15-8-16-9-22-15/h1-9,18H. The van der Waals surface area contributed by atoms with Crippen LogP contribution in [-0.2, 0) is 0 Å². The number of nitro benzene ring substituents is 1. The lowest BCUT2D eigenvalue weighted by atomic mass is 10.2. The summed E-state index contributed by atoms with van der Waals surface area (Å²) in [5.74, 6) is 0.470. The number of hydrogen-bond acceptors (Lipinski definition) is 6. The van der Waals surface area contributed by atoms with Crippen molar-refractivity contribution in [2.45, 2.75) is 0 Å². The number of aromatic nitrogens is 1. The lowest BCUT2D eigenvalue weighted by Crippen LogP contribution is -1.90. The van der Waals surface area contributed by atoms with Crippen LogP contribution in [0.25, 0.3) is 10.4 Å². The van der Waals surface area contributed by atoms with Crippen molar-refractivity contribution >= 4 is 17.0 Å². The van der Waals surface area contributed by atoms with Gasteiger partial charge in [0.1, 0.15) is 11.5 Å². The quantitative estimate of drug-likeness (QED) is 0.575. The molecule has 0 radical (unpaired) electrons. The van der Waals surface area contributed by atoms with E-state index in [1.165, 1.54) is 29.5 Å². The Labute approximate surface area is 129 Å². The van der Waals surface area contributed by atoms with Crippen LogP contribution in [0.1, 0.15) is 0 Å². The molecular weight excluding hydrogens is 304 g/mol. The zero-order valence-electron chi connectivity index (χ0n) is 11.2. The number of nitro groups is 1. The fourth-order valence-corrected chi connectivity index (χ4v) is 2.61. The molecule has 0 fully saturated rings. The van der Waals surface area contributed by atoms with Crippen molar-refractivity contribution in [1.29, 1.82) is 0 Å². The van der Waals surface area contributed by atoms with E-state index < -0.39 is 10.7 Å². The second-order valence-corrected chi connectivity index (χ2v) is 5.26. The highest BCUT2D eigenvalue weighted by Crippen LogP contribution is 2.37. The van der Waals surface area contributed by atoms with Gasteiger partial charge in [-0.05, 0) is 18.2 Å². The number of aromatic hydroxyl groups is 1. The van der Waals surface area contributed by atoms with Crippen LogP contribution in [-0.4, -0.2) is 15.0 Å². The van der Waals surface area contributed by atoms with Crippen LogP contribution in [0.4, 0.5) is 5.69 Å². The minimum Gasteiger partial charge on any atom is -0.502 e. The van der Waals surface area contributed by atoms with Gasteiger partial charge in [0.15, 0.2) is 5.75 Å². The van der Waals surface area contributed by atoms with E-state index in [-0.39, 0.29) is 5.69 Å². The van der Waals surface area contributed by atoms with Crippen LogP contribution in [0, 0.1) is 10.1 Å². The largest absolute Gasteiger partial charge is 0.502 e. The first-order valence-electron chi connectivity index (χ1n) is 6.28. The number of benzene rings is 2. The third kappa shape index (κ3) is 2.75. The minimum absolute atomic E-state index is 0.320. The molecule has 0 atom stereocenters. The van der Waals surface area contributed by atoms with Crippen molar-refractivity contribution in [3.63, 3.8) is 0 Å². The number of phenolic OH excluding ortho intramolecular Hbond substituents is 1. The van der Waals surface area contributed by atoms with Crippen LogP contribution in [0.2, 0.25) is 0 Å². The number of para-hydroxylation sites is 1. The van der Waals surface area contributed by atoms with E-state index in [9.17, 15) is 15.2 Å². The van der Waals surface area contributed by atoms with Gasteiger partial charge >= 0.3 is 5.69 Å². The van der Waals surface area contributed by atoms with E-state index in [0.717, 1.165) is 10.4 Å². The molecule has 0 spiro atoms. The van der Waals surface area contributed by atoms with Gasteiger partial charge in [0.05, 0.1) is 15.3 Å². The fraction of sp³-hybridized carbons (Fsp3) is 0. The Bertz CT molecular complexity index is 818. The Morgan fingerprint density at radius 3 is 2.73 bits per heavy atom. The van der Waals surface area contributed by atoms with Gasteiger partial charge in [-0.15, -0.1) is 11.3 Å². The molecule has 3 aromatic rings. The van der Waals surface area contributed by atoms with Gasteiger partial charge in [-0.3, -0.25) is 15.1 Å². The molecule has 0 saturated heterocycles. The molecule has 0 bridgehead atoms. The highest BCUT2D eigenvalue weighted by Gasteiger charge is 2.15. The predicted molar refractivity (Wildman–Crippen MR) is 82.4 cm³/mol. The van der Waals surface area contributed by atoms with Crippen molar-refractivity contribution in [2.24, 2.45) is 0 Å². The highest BCUT2D eigenvalue weighted by molar-refractivity contribution is 7.13. The number of rotatable bonds is 4. The molecule has 22 heavy (non-hydrogen) atoms. The molecule has 0 saturated carbocycles. The summed E-state index contributed by atoms with van der Waals surface area (Å²) in [4.78, 5) is 15.0. The van der Waals surface area contributed by atoms with E-state index >= 15 is 0 Å². The molecule has 0 aliphatic carbocycles. The molecule has 110 valence electrons. The summed E-state index contributed by atoms with van der Waals surface area (Å²) in [6, 6.07) is 11.3. The average Bonchev–Trinajstić information content (AvgIpc) is 3.01.